The first kappa shape index (κ1) is 20.0. The number of aliphatic carboxylic acids is 1. The summed E-state index contributed by atoms with van der Waals surface area (Å²) in [6.45, 7) is 4.23. The van der Waals surface area contributed by atoms with Gasteiger partial charge in [-0.05, 0) is 61.4 Å². The summed E-state index contributed by atoms with van der Waals surface area (Å²) in [5.74, 6) is -1.53. The van der Waals surface area contributed by atoms with Crippen LogP contribution in [-0.2, 0) is 9.59 Å². The third-order valence-electron chi connectivity index (χ3n) is 4.02. The number of carboxylic acid groups (broad SMARTS) is 1. The Labute approximate surface area is 157 Å². The average molecular weight is 369 g/mol. The van der Waals surface area contributed by atoms with Crippen LogP contribution < -0.4 is 16.0 Å². The standard InChI is InChI=1S/C20H23N3O4/c1-13-3-6-17(11-14(13)2)22-12-18(24)23-16-7-4-15(5-8-16)20(27)21-10-9-19(25)26/h3-8,11,22H,9-10,12H2,1-2H3,(H,21,27)(H,23,24)(H,25,26). The molecule has 0 radical (unpaired) electrons. The topological polar surface area (TPSA) is 108 Å². The van der Waals surface area contributed by atoms with E-state index in [1.165, 1.54) is 5.56 Å². The second-order valence-electron chi connectivity index (χ2n) is 6.18. The maximum absolute atomic E-state index is 12.1. The first-order valence-electron chi connectivity index (χ1n) is 8.56. The Bertz CT molecular complexity index is 832. The lowest BCUT2D eigenvalue weighted by Crippen LogP contribution is -2.26. The van der Waals surface area contributed by atoms with Crippen LogP contribution in [0.5, 0.6) is 0 Å². The predicted molar refractivity (Wildman–Crippen MR) is 104 cm³/mol. The van der Waals surface area contributed by atoms with Gasteiger partial charge in [0.1, 0.15) is 0 Å². The summed E-state index contributed by atoms with van der Waals surface area (Å²) in [4.78, 5) is 34.4. The van der Waals surface area contributed by atoms with Gasteiger partial charge < -0.3 is 21.1 Å². The van der Waals surface area contributed by atoms with Gasteiger partial charge in [0, 0.05) is 23.5 Å². The molecule has 0 aliphatic rings. The molecular weight excluding hydrogens is 346 g/mol. The second kappa shape index (κ2) is 9.38. The van der Waals surface area contributed by atoms with Crippen LogP contribution in [0.15, 0.2) is 42.5 Å². The molecule has 0 unspecified atom stereocenters. The number of aryl methyl sites for hydroxylation is 2. The number of hydrogen-bond acceptors (Lipinski definition) is 4. The van der Waals surface area contributed by atoms with E-state index in [2.05, 4.69) is 16.0 Å². The van der Waals surface area contributed by atoms with Gasteiger partial charge in [0.05, 0.1) is 13.0 Å². The number of anilines is 2. The fourth-order valence-electron chi connectivity index (χ4n) is 2.33. The number of amides is 2. The van der Waals surface area contributed by atoms with Crippen molar-refractivity contribution in [3.8, 4) is 0 Å². The highest BCUT2D eigenvalue weighted by Crippen LogP contribution is 2.14. The average Bonchev–Trinajstić information content (AvgIpc) is 2.63. The molecule has 0 atom stereocenters. The van der Waals surface area contributed by atoms with Gasteiger partial charge >= 0.3 is 5.97 Å². The van der Waals surface area contributed by atoms with Crippen molar-refractivity contribution in [2.45, 2.75) is 20.3 Å². The van der Waals surface area contributed by atoms with Crippen LogP contribution in [0.25, 0.3) is 0 Å². The van der Waals surface area contributed by atoms with Gasteiger partial charge in [-0.3, -0.25) is 14.4 Å². The monoisotopic (exact) mass is 369 g/mol. The number of carbonyl (C=O) groups excluding carboxylic acids is 2. The number of carbonyl (C=O) groups is 3. The van der Waals surface area contributed by atoms with Gasteiger partial charge in [-0.1, -0.05) is 6.07 Å². The molecule has 7 heteroatoms. The molecule has 2 aromatic rings. The van der Waals surface area contributed by atoms with Crippen LogP contribution in [0, 0.1) is 13.8 Å². The van der Waals surface area contributed by atoms with E-state index in [0.29, 0.717) is 11.3 Å². The zero-order chi connectivity index (χ0) is 19.8. The van der Waals surface area contributed by atoms with E-state index in [0.717, 1.165) is 11.3 Å². The van der Waals surface area contributed by atoms with Gasteiger partial charge in [-0.2, -0.15) is 0 Å². The maximum atomic E-state index is 12.1. The van der Waals surface area contributed by atoms with E-state index >= 15 is 0 Å². The molecule has 0 aliphatic heterocycles. The molecule has 27 heavy (non-hydrogen) atoms. The SMILES string of the molecule is Cc1ccc(NCC(=O)Nc2ccc(C(=O)NCCC(=O)O)cc2)cc1C. The Kier molecular flexibility index (Phi) is 6.93. The van der Waals surface area contributed by atoms with Crippen LogP contribution in [0.3, 0.4) is 0 Å². The van der Waals surface area contributed by atoms with Crippen molar-refractivity contribution in [2.24, 2.45) is 0 Å². The maximum Gasteiger partial charge on any atom is 0.305 e. The highest BCUT2D eigenvalue weighted by Gasteiger charge is 2.07. The minimum absolute atomic E-state index is 0.0663. The van der Waals surface area contributed by atoms with Crippen molar-refractivity contribution in [1.82, 2.24) is 5.32 Å². The zero-order valence-corrected chi connectivity index (χ0v) is 15.3. The van der Waals surface area contributed by atoms with Gasteiger partial charge in [0.15, 0.2) is 0 Å². The quantitative estimate of drug-likeness (QED) is 0.572. The Balaban J connectivity index is 1.82. The summed E-state index contributed by atoms with van der Waals surface area (Å²) in [7, 11) is 0. The molecule has 4 N–H and O–H groups in total. The van der Waals surface area contributed by atoms with E-state index in [4.69, 9.17) is 5.11 Å². The molecule has 0 bridgehead atoms. The highest BCUT2D eigenvalue weighted by atomic mass is 16.4. The summed E-state index contributed by atoms with van der Waals surface area (Å²) in [5.41, 5.74) is 4.19. The summed E-state index contributed by atoms with van der Waals surface area (Å²) in [6.07, 6.45) is -0.132. The molecule has 2 rings (SSSR count). The number of carboxylic acids is 1. The molecule has 0 saturated carbocycles. The lowest BCUT2D eigenvalue weighted by Gasteiger charge is -2.10. The fraction of sp³-hybridized carbons (Fsp3) is 0.250. The molecule has 0 heterocycles. The van der Waals surface area contributed by atoms with E-state index < -0.39 is 5.97 Å². The largest absolute Gasteiger partial charge is 0.481 e. The highest BCUT2D eigenvalue weighted by molar-refractivity contribution is 5.96. The lowest BCUT2D eigenvalue weighted by atomic mass is 10.1. The molecule has 142 valence electrons. The van der Waals surface area contributed by atoms with Crippen LogP contribution in [-0.4, -0.2) is 36.0 Å². The summed E-state index contributed by atoms with van der Waals surface area (Å²) in [5, 5.41) is 16.9. The van der Waals surface area contributed by atoms with E-state index in [-0.39, 0.29) is 31.3 Å². The number of benzene rings is 2. The first-order valence-corrected chi connectivity index (χ1v) is 8.56. The lowest BCUT2D eigenvalue weighted by molar-refractivity contribution is -0.136. The van der Waals surface area contributed by atoms with Crippen molar-refractivity contribution in [3.63, 3.8) is 0 Å². The van der Waals surface area contributed by atoms with Crippen molar-refractivity contribution < 1.29 is 19.5 Å². The van der Waals surface area contributed by atoms with Gasteiger partial charge in [-0.25, -0.2) is 0 Å². The summed E-state index contributed by atoms with van der Waals surface area (Å²) < 4.78 is 0. The van der Waals surface area contributed by atoms with Crippen molar-refractivity contribution in [2.75, 3.05) is 23.7 Å². The van der Waals surface area contributed by atoms with Gasteiger partial charge in [-0.15, -0.1) is 0 Å². The zero-order valence-electron chi connectivity index (χ0n) is 15.3. The van der Waals surface area contributed by atoms with Crippen LogP contribution in [0.4, 0.5) is 11.4 Å². The third kappa shape index (κ3) is 6.47. The summed E-state index contributed by atoms with van der Waals surface area (Å²) in [6, 6.07) is 12.3. The van der Waals surface area contributed by atoms with Crippen molar-refractivity contribution >= 4 is 29.2 Å². The minimum Gasteiger partial charge on any atom is -0.481 e. The molecule has 0 spiro atoms. The Morgan fingerprint density at radius 3 is 2.22 bits per heavy atom. The van der Waals surface area contributed by atoms with Crippen molar-refractivity contribution in [3.05, 3.63) is 59.2 Å². The third-order valence-corrected chi connectivity index (χ3v) is 4.02. The second-order valence-corrected chi connectivity index (χ2v) is 6.18. The predicted octanol–water partition coefficient (Wildman–Crippen LogP) is 2.56. The van der Waals surface area contributed by atoms with Crippen LogP contribution >= 0.6 is 0 Å². The molecule has 0 saturated heterocycles. The molecule has 0 aromatic heterocycles. The Morgan fingerprint density at radius 1 is 0.926 bits per heavy atom. The van der Waals surface area contributed by atoms with E-state index in [1.54, 1.807) is 24.3 Å². The Morgan fingerprint density at radius 2 is 1.59 bits per heavy atom. The molecule has 2 amide bonds. The van der Waals surface area contributed by atoms with Gasteiger partial charge in [0.2, 0.25) is 5.91 Å². The number of rotatable bonds is 8. The molecular formula is C20H23N3O4. The van der Waals surface area contributed by atoms with E-state index in [1.807, 2.05) is 32.0 Å². The normalized spacial score (nSPS) is 10.1. The molecule has 0 aliphatic carbocycles. The van der Waals surface area contributed by atoms with E-state index in [9.17, 15) is 14.4 Å². The Hall–Kier alpha value is -3.35. The molecule has 2 aromatic carbocycles. The smallest absolute Gasteiger partial charge is 0.305 e. The first-order chi connectivity index (χ1) is 12.8. The van der Waals surface area contributed by atoms with Crippen molar-refractivity contribution in [1.29, 1.82) is 0 Å². The van der Waals surface area contributed by atoms with Crippen LogP contribution in [0.2, 0.25) is 0 Å². The minimum atomic E-state index is -0.970. The fourth-order valence-corrected chi connectivity index (χ4v) is 2.33. The molecule has 7 nitrogen and oxygen atoms in total. The number of hydrogen-bond donors (Lipinski definition) is 4. The number of nitrogens with one attached hydrogen (secondary N) is 3. The van der Waals surface area contributed by atoms with Crippen LogP contribution in [0.1, 0.15) is 27.9 Å². The van der Waals surface area contributed by atoms with Gasteiger partial charge in [0.25, 0.3) is 5.91 Å². The summed E-state index contributed by atoms with van der Waals surface area (Å²) >= 11 is 0. The molecule has 0 fully saturated rings.